The highest BCUT2D eigenvalue weighted by Crippen LogP contribution is 2.16. The fourth-order valence-corrected chi connectivity index (χ4v) is 2.64. The zero-order valence-electron chi connectivity index (χ0n) is 15.0. The van der Waals surface area contributed by atoms with Gasteiger partial charge in [-0.1, -0.05) is 12.1 Å². The number of amides is 1. The number of aromatic carboxylic acids is 1. The van der Waals surface area contributed by atoms with E-state index in [4.69, 9.17) is 5.73 Å². The summed E-state index contributed by atoms with van der Waals surface area (Å²) in [5, 5.41) is 15.9. The maximum atomic E-state index is 12.6. The molecule has 0 aliphatic rings. The predicted molar refractivity (Wildman–Crippen MR) is 98.0 cm³/mol. The molecule has 0 fully saturated rings. The van der Waals surface area contributed by atoms with E-state index in [-0.39, 0.29) is 22.9 Å². The molecule has 10 nitrogen and oxygen atoms in total. The smallest absolute Gasteiger partial charge is 0.354 e. The lowest BCUT2D eigenvalue weighted by molar-refractivity contribution is 0.0599. The molecule has 0 radical (unpaired) electrons. The number of carbonyl (C=O) groups is 3. The molecule has 1 aromatic carbocycles. The van der Waals surface area contributed by atoms with Gasteiger partial charge in [-0.05, 0) is 24.6 Å². The van der Waals surface area contributed by atoms with Crippen LogP contribution in [-0.4, -0.2) is 44.7 Å². The van der Waals surface area contributed by atoms with E-state index in [1.807, 2.05) is 0 Å². The summed E-state index contributed by atoms with van der Waals surface area (Å²) in [5.74, 6) is -2.20. The number of fused-ring (bicyclic) bond motifs is 1. The number of aromatic nitrogens is 3. The number of nitrogens with one attached hydrogen (secondary N) is 1. The van der Waals surface area contributed by atoms with Gasteiger partial charge in [-0.3, -0.25) is 4.79 Å². The molecule has 10 heteroatoms. The van der Waals surface area contributed by atoms with E-state index in [1.54, 1.807) is 31.2 Å². The number of nitrogens with zero attached hydrogens (tertiary/aromatic N) is 3. The number of carboxylic acids is 1. The molecule has 1 amide bonds. The van der Waals surface area contributed by atoms with Crippen LogP contribution in [0.3, 0.4) is 0 Å². The molecular formula is C18H17N5O5. The van der Waals surface area contributed by atoms with Crippen LogP contribution in [-0.2, 0) is 4.74 Å². The largest absolute Gasteiger partial charge is 0.477 e. The Hall–Kier alpha value is -3.95. The van der Waals surface area contributed by atoms with Crippen LogP contribution in [0.1, 0.15) is 49.9 Å². The monoisotopic (exact) mass is 383 g/mol. The van der Waals surface area contributed by atoms with E-state index in [0.29, 0.717) is 5.56 Å². The van der Waals surface area contributed by atoms with E-state index in [0.717, 1.165) is 16.1 Å². The van der Waals surface area contributed by atoms with Crippen molar-refractivity contribution in [2.24, 2.45) is 0 Å². The van der Waals surface area contributed by atoms with Gasteiger partial charge in [0.15, 0.2) is 11.3 Å². The van der Waals surface area contributed by atoms with Crippen LogP contribution in [0.25, 0.3) is 5.65 Å². The normalized spacial score (nSPS) is 11.8. The minimum atomic E-state index is -1.27. The first-order chi connectivity index (χ1) is 13.3. The van der Waals surface area contributed by atoms with Gasteiger partial charge in [0.25, 0.3) is 5.91 Å². The quantitative estimate of drug-likeness (QED) is 0.558. The van der Waals surface area contributed by atoms with Crippen molar-refractivity contribution in [3.8, 4) is 0 Å². The van der Waals surface area contributed by atoms with Gasteiger partial charge < -0.3 is 20.9 Å². The SMILES string of the molecule is COC(=O)c1ccc([C@H](C)NC(=O)c2cc(C(=O)O)n3nc(N)cc3n2)cc1. The Kier molecular flexibility index (Phi) is 4.94. The minimum absolute atomic E-state index is 0.0807. The fraction of sp³-hybridized carbons (Fsp3) is 0.167. The molecule has 2 heterocycles. The maximum absolute atomic E-state index is 12.6. The number of rotatable bonds is 5. The van der Waals surface area contributed by atoms with Crippen molar-refractivity contribution in [1.82, 2.24) is 19.9 Å². The Balaban J connectivity index is 1.84. The van der Waals surface area contributed by atoms with E-state index in [1.165, 1.54) is 13.2 Å². The summed E-state index contributed by atoms with van der Waals surface area (Å²) in [6.07, 6.45) is 0. The van der Waals surface area contributed by atoms with Gasteiger partial charge in [-0.25, -0.2) is 19.1 Å². The van der Waals surface area contributed by atoms with Crippen molar-refractivity contribution < 1.29 is 24.2 Å². The summed E-state index contributed by atoms with van der Waals surface area (Å²) in [6, 6.07) is 8.64. The van der Waals surface area contributed by atoms with Crippen molar-refractivity contribution in [3.05, 3.63) is 58.9 Å². The molecule has 0 saturated carbocycles. The maximum Gasteiger partial charge on any atom is 0.354 e. The standard InChI is InChI=1S/C18H17N5O5/c1-9(10-3-5-11(6-4-10)18(27)28-2)20-16(24)12-7-13(17(25)26)23-15(21-12)8-14(19)22-23/h3-9H,1-2H3,(H2,19,22)(H,20,24)(H,25,26)/t9-/m0/s1. The number of nitrogens with two attached hydrogens (primary N) is 1. The first kappa shape index (κ1) is 18.8. The van der Waals surface area contributed by atoms with Crippen molar-refractivity contribution in [1.29, 1.82) is 0 Å². The summed E-state index contributed by atoms with van der Waals surface area (Å²) in [6.45, 7) is 1.75. The lowest BCUT2D eigenvalue weighted by atomic mass is 10.1. The Labute approximate surface area is 158 Å². The zero-order chi connectivity index (χ0) is 20.4. The van der Waals surface area contributed by atoms with E-state index in [2.05, 4.69) is 20.1 Å². The van der Waals surface area contributed by atoms with Crippen molar-refractivity contribution in [2.75, 3.05) is 12.8 Å². The van der Waals surface area contributed by atoms with Crippen molar-refractivity contribution in [2.45, 2.75) is 13.0 Å². The third-order valence-electron chi connectivity index (χ3n) is 4.08. The van der Waals surface area contributed by atoms with Gasteiger partial charge in [-0.15, -0.1) is 5.10 Å². The van der Waals surface area contributed by atoms with Gasteiger partial charge in [0.1, 0.15) is 11.5 Å². The van der Waals surface area contributed by atoms with Crippen LogP contribution in [0.15, 0.2) is 36.4 Å². The number of ether oxygens (including phenoxy) is 1. The topological polar surface area (TPSA) is 149 Å². The number of hydrogen-bond acceptors (Lipinski definition) is 7. The molecule has 4 N–H and O–H groups in total. The highest BCUT2D eigenvalue weighted by Gasteiger charge is 2.19. The molecule has 3 rings (SSSR count). The van der Waals surface area contributed by atoms with Crippen molar-refractivity contribution in [3.63, 3.8) is 0 Å². The molecule has 0 bridgehead atoms. The lowest BCUT2D eigenvalue weighted by Gasteiger charge is -2.15. The van der Waals surface area contributed by atoms with Crippen LogP contribution in [0.4, 0.5) is 5.82 Å². The summed E-state index contributed by atoms with van der Waals surface area (Å²) < 4.78 is 5.70. The summed E-state index contributed by atoms with van der Waals surface area (Å²) in [4.78, 5) is 39.6. The van der Waals surface area contributed by atoms with Gasteiger partial charge in [-0.2, -0.15) is 0 Å². The number of methoxy groups -OCH3 is 1. The second-order valence-corrected chi connectivity index (χ2v) is 5.98. The van der Waals surface area contributed by atoms with Crippen LogP contribution in [0, 0.1) is 0 Å². The van der Waals surface area contributed by atoms with Crippen LogP contribution in [0.5, 0.6) is 0 Å². The molecule has 144 valence electrons. The molecule has 0 aliphatic carbocycles. The average Bonchev–Trinajstić information content (AvgIpc) is 3.06. The Morgan fingerprint density at radius 3 is 2.50 bits per heavy atom. The number of nitrogen functional groups attached to an aromatic ring is 1. The lowest BCUT2D eigenvalue weighted by Crippen LogP contribution is -2.28. The highest BCUT2D eigenvalue weighted by molar-refractivity contribution is 5.96. The number of benzene rings is 1. The highest BCUT2D eigenvalue weighted by atomic mass is 16.5. The van der Waals surface area contributed by atoms with E-state index >= 15 is 0 Å². The summed E-state index contributed by atoms with van der Waals surface area (Å²) >= 11 is 0. The third kappa shape index (κ3) is 3.61. The number of anilines is 1. The summed E-state index contributed by atoms with van der Waals surface area (Å²) in [5.41, 5.74) is 6.56. The second kappa shape index (κ2) is 7.35. The molecule has 0 aliphatic heterocycles. The van der Waals surface area contributed by atoms with Gasteiger partial charge >= 0.3 is 11.9 Å². The van der Waals surface area contributed by atoms with Crippen LogP contribution in [0.2, 0.25) is 0 Å². The summed E-state index contributed by atoms with van der Waals surface area (Å²) in [7, 11) is 1.29. The number of esters is 1. The van der Waals surface area contributed by atoms with Crippen LogP contribution >= 0.6 is 0 Å². The second-order valence-electron chi connectivity index (χ2n) is 5.98. The predicted octanol–water partition coefficient (Wildman–Crippen LogP) is 1.29. The Bertz CT molecular complexity index is 1070. The molecule has 0 saturated heterocycles. The van der Waals surface area contributed by atoms with Gasteiger partial charge in [0, 0.05) is 12.1 Å². The van der Waals surface area contributed by atoms with Crippen LogP contribution < -0.4 is 11.1 Å². The first-order valence-electron chi connectivity index (χ1n) is 8.19. The fourth-order valence-electron chi connectivity index (χ4n) is 2.64. The molecule has 2 aromatic heterocycles. The van der Waals surface area contributed by atoms with Gasteiger partial charge in [0.05, 0.1) is 18.7 Å². The third-order valence-corrected chi connectivity index (χ3v) is 4.08. The first-order valence-corrected chi connectivity index (χ1v) is 8.19. The molecule has 1 atom stereocenters. The number of carboxylic acid groups (broad SMARTS) is 1. The molecular weight excluding hydrogens is 366 g/mol. The molecule has 3 aromatic rings. The molecule has 0 spiro atoms. The van der Waals surface area contributed by atoms with E-state index in [9.17, 15) is 19.5 Å². The minimum Gasteiger partial charge on any atom is -0.477 e. The number of hydrogen-bond donors (Lipinski definition) is 3. The van der Waals surface area contributed by atoms with Gasteiger partial charge in [0.2, 0.25) is 0 Å². The zero-order valence-corrected chi connectivity index (χ0v) is 15.0. The van der Waals surface area contributed by atoms with Crippen molar-refractivity contribution >= 4 is 29.3 Å². The average molecular weight is 383 g/mol. The Morgan fingerprint density at radius 2 is 1.89 bits per heavy atom. The van der Waals surface area contributed by atoms with E-state index < -0.39 is 23.9 Å². The Morgan fingerprint density at radius 1 is 1.21 bits per heavy atom. The molecule has 0 unspecified atom stereocenters. The molecule has 28 heavy (non-hydrogen) atoms. The number of carbonyl (C=O) groups excluding carboxylic acids is 2.